The Morgan fingerprint density at radius 2 is 1.93 bits per heavy atom. The molecule has 0 radical (unpaired) electrons. The molecule has 5 heteroatoms. The Balaban J connectivity index is 2.49. The molecule has 0 bridgehead atoms. The van der Waals surface area contributed by atoms with Gasteiger partial charge in [0, 0.05) is 19.7 Å². The summed E-state index contributed by atoms with van der Waals surface area (Å²) in [7, 11) is -3.01. The van der Waals surface area contributed by atoms with E-state index in [0.717, 1.165) is 12.8 Å². The van der Waals surface area contributed by atoms with Crippen LogP contribution < -0.4 is 0 Å². The van der Waals surface area contributed by atoms with Crippen LogP contribution in [0.5, 0.6) is 0 Å². The zero-order valence-electron chi connectivity index (χ0n) is 8.65. The summed E-state index contributed by atoms with van der Waals surface area (Å²) in [5, 5.41) is 8.92. The molecule has 0 saturated carbocycles. The van der Waals surface area contributed by atoms with E-state index in [1.54, 1.807) is 4.31 Å². The minimum Gasteiger partial charge on any atom is -0.396 e. The number of sulfonamides is 1. The van der Waals surface area contributed by atoms with Crippen molar-refractivity contribution in [3.63, 3.8) is 0 Å². The van der Waals surface area contributed by atoms with Crippen LogP contribution >= 0.6 is 0 Å². The predicted molar refractivity (Wildman–Crippen MR) is 55.5 cm³/mol. The van der Waals surface area contributed by atoms with Crippen LogP contribution in [0.3, 0.4) is 0 Å². The van der Waals surface area contributed by atoms with E-state index in [9.17, 15) is 8.42 Å². The minimum absolute atomic E-state index is 0.182. The van der Waals surface area contributed by atoms with Gasteiger partial charge in [0.1, 0.15) is 0 Å². The molecule has 1 aliphatic rings. The fraction of sp³-hybridized carbons (Fsp3) is 1.00. The molecular formula is C9H19NO3S. The van der Waals surface area contributed by atoms with Gasteiger partial charge < -0.3 is 5.11 Å². The third-order valence-corrected chi connectivity index (χ3v) is 4.76. The van der Waals surface area contributed by atoms with Crippen molar-refractivity contribution >= 4 is 10.0 Å². The highest BCUT2D eigenvalue weighted by molar-refractivity contribution is 7.89. The maximum Gasteiger partial charge on any atom is 0.214 e. The standard InChI is InChI=1S/C9H19NO3S/c1-2-7-14(12,13)10-5-3-9(8-11)4-6-10/h9,11H,2-8H2,1H3. The van der Waals surface area contributed by atoms with Crippen molar-refractivity contribution in [2.45, 2.75) is 26.2 Å². The lowest BCUT2D eigenvalue weighted by atomic mass is 10.00. The van der Waals surface area contributed by atoms with Crippen molar-refractivity contribution < 1.29 is 13.5 Å². The summed E-state index contributed by atoms with van der Waals surface area (Å²) in [5.74, 6) is 0.541. The fourth-order valence-corrected chi connectivity index (χ4v) is 3.30. The molecule has 1 fully saturated rings. The van der Waals surface area contributed by atoms with Gasteiger partial charge in [-0.25, -0.2) is 12.7 Å². The normalized spacial score (nSPS) is 21.3. The molecule has 0 spiro atoms. The number of piperidine rings is 1. The third-order valence-electron chi connectivity index (χ3n) is 2.69. The van der Waals surface area contributed by atoms with Gasteiger partial charge in [-0.2, -0.15) is 0 Å². The molecule has 0 aromatic carbocycles. The van der Waals surface area contributed by atoms with Gasteiger partial charge in [0.05, 0.1) is 5.75 Å². The van der Waals surface area contributed by atoms with Crippen molar-refractivity contribution in [2.24, 2.45) is 5.92 Å². The summed E-state index contributed by atoms with van der Waals surface area (Å²) in [6, 6.07) is 0. The number of aliphatic hydroxyl groups excluding tert-OH is 1. The molecule has 0 unspecified atom stereocenters. The van der Waals surface area contributed by atoms with Crippen LogP contribution in [0.15, 0.2) is 0 Å². The first-order valence-corrected chi connectivity index (χ1v) is 6.79. The van der Waals surface area contributed by atoms with Crippen molar-refractivity contribution in [1.82, 2.24) is 4.31 Å². The Hall–Kier alpha value is -0.130. The van der Waals surface area contributed by atoms with E-state index in [1.165, 1.54) is 0 Å². The largest absolute Gasteiger partial charge is 0.396 e. The first-order chi connectivity index (χ1) is 6.60. The van der Waals surface area contributed by atoms with E-state index in [2.05, 4.69) is 0 Å². The summed E-state index contributed by atoms with van der Waals surface area (Å²) in [6.07, 6.45) is 2.25. The second-order valence-electron chi connectivity index (χ2n) is 3.84. The second kappa shape index (κ2) is 5.09. The lowest BCUT2D eigenvalue weighted by molar-refractivity contribution is 0.170. The topological polar surface area (TPSA) is 57.6 Å². The molecular weight excluding hydrogens is 202 g/mol. The number of aliphatic hydroxyl groups is 1. The zero-order chi connectivity index (χ0) is 10.6. The highest BCUT2D eigenvalue weighted by atomic mass is 32.2. The number of hydrogen-bond acceptors (Lipinski definition) is 3. The molecule has 0 aliphatic carbocycles. The van der Waals surface area contributed by atoms with Crippen LogP contribution in [-0.2, 0) is 10.0 Å². The average molecular weight is 221 g/mol. The zero-order valence-corrected chi connectivity index (χ0v) is 9.46. The molecule has 0 aromatic heterocycles. The van der Waals surface area contributed by atoms with Gasteiger partial charge in [-0.15, -0.1) is 0 Å². The SMILES string of the molecule is CCCS(=O)(=O)N1CCC(CO)CC1. The van der Waals surface area contributed by atoms with Crippen LogP contribution in [0.2, 0.25) is 0 Å². The first-order valence-electron chi connectivity index (χ1n) is 5.19. The van der Waals surface area contributed by atoms with Gasteiger partial charge in [-0.1, -0.05) is 6.92 Å². The van der Waals surface area contributed by atoms with Gasteiger partial charge in [0.25, 0.3) is 0 Å². The van der Waals surface area contributed by atoms with Crippen LogP contribution in [-0.4, -0.2) is 43.3 Å². The van der Waals surface area contributed by atoms with E-state index in [1.807, 2.05) is 6.92 Å². The smallest absolute Gasteiger partial charge is 0.214 e. The van der Waals surface area contributed by atoms with E-state index in [-0.39, 0.29) is 12.4 Å². The maximum absolute atomic E-state index is 11.6. The average Bonchev–Trinajstić information content (AvgIpc) is 2.18. The minimum atomic E-state index is -3.01. The highest BCUT2D eigenvalue weighted by Crippen LogP contribution is 2.19. The Morgan fingerprint density at radius 3 is 2.36 bits per heavy atom. The van der Waals surface area contributed by atoms with Crippen molar-refractivity contribution in [3.05, 3.63) is 0 Å². The summed E-state index contributed by atoms with van der Waals surface area (Å²) in [4.78, 5) is 0. The molecule has 1 aliphatic heterocycles. The molecule has 1 N–H and O–H groups in total. The summed E-state index contributed by atoms with van der Waals surface area (Å²) in [6.45, 7) is 3.21. The van der Waals surface area contributed by atoms with Crippen molar-refractivity contribution in [2.75, 3.05) is 25.4 Å². The highest BCUT2D eigenvalue weighted by Gasteiger charge is 2.26. The van der Waals surface area contributed by atoms with Crippen LogP contribution in [0, 0.1) is 5.92 Å². The van der Waals surface area contributed by atoms with E-state index in [4.69, 9.17) is 5.11 Å². The predicted octanol–water partition coefficient (Wildman–Crippen LogP) is 0.430. The molecule has 0 aromatic rings. The van der Waals surface area contributed by atoms with Crippen molar-refractivity contribution in [3.8, 4) is 0 Å². The van der Waals surface area contributed by atoms with Crippen LogP contribution in [0.4, 0.5) is 0 Å². The monoisotopic (exact) mass is 221 g/mol. The van der Waals surface area contributed by atoms with Gasteiger partial charge >= 0.3 is 0 Å². The fourth-order valence-electron chi connectivity index (χ4n) is 1.76. The second-order valence-corrected chi connectivity index (χ2v) is 5.93. The Morgan fingerprint density at radius 1 is 1.36 bits per heavy atom. The number of rotatable bonds is 4. The van der Waals surface area contributed by atoms with E-state index in [0.29, 0.717) is 25.4 Å². The Kier molecular flexibility index (Phi) is 4.34. The Bertz CT molecular complexity index is 255. The summed E-state index contributed by atoms with van der Waals surface area (Å²) >= 11 is 0. The molecule has 4 nitrogen and oxygen atoms in total. The van der Waals surface area contributed by atoms with Crippen molar-refractivity contribution in [1.29, 1.82) is 0 Å². The van der Waals surface area contributed by atoms with Gasteiger partial charge in [0.2, 0.25) is 10.0 Å². The summed E-state index contributed by atoms with van der Waals surface area (Å²) < 4.78 is 24.8. The molecule has 14 heavy (non-hydrogen) atoms. The lowest BCUT2D eigenvalue weighted by Gasteiger charge is -2.30. The molecule has 1 rings (SSSR count). The summed E-state index contributed by atoms with van der Waals surface area (Å²) in [5.41, 5.74) is 0. The quantitative estimate of drug-likeness (QED) is 0.749. The first kappa shape index (κ1) is 11.9. The molecule has 84 valence electrons. The lowest BCUT2D eigenvalue weighted by Crippen LogP contribution is -2.40. The molecule has 0 atom stereocenters. The molecule has 1 saturated heterocycles. The van der Waals surface area contributed by atoms with Gasteiger partial charge in [0.15, 0.2) is 0 Å². The van der Waals surface area contributed by atoms with Crippen LogP contribution in [0.25, 0.3) is 0 Å². The Labute approximate surface area is 86.0 Å². The van der Waals surface area contributed by atoms with E-state index < -0.39 is 10.0 Å². The number of hydrogen-bond donors (Lipinski definition) is 1. The van der Waals surface area contributed by atoms with Gasteiger partial charge in [-0.3, -0.25) is 0 Å². The third kappa shape index (κ3) is 2.93. The molecule has 1 heterocycles. The van der Waals surface area contributed by atoms with Gasteiger partial charge in [-0.05, 0) is 25.2 Å². The van der Waals surface area contributed by atoms with E-state index >= 15 is 0 Å². The van der Waals surface area contributed by atoms with Crippen LogP contribution in [0.1, 0.15) is 26.2 Å². The molecule has 0 amide bonds. The maximum atomic E-state index is 11.6. The number of nitrogens with zero attached hydrogens (tertiary/aromatic N) is 1.